The lowest BCUT2D eigenvalue weighted by atomic mass is 10.2. The predicted molar refractivity (Wildman–Crippen MR) is 90.8 cm³/mol. The van der Waals surface area contributed by atoms with E-state index in [2.05, 4.69) is 15.8 Å². The van der Waals surface area contributed by atoms with Crippen molar-refractivity contribution in [3.63, 3.8) is 0 Å². The van der Waals surface area contributed by atoms with Crippen LogP contribution < -0.4 is 10.9 Å². The van der Waals surface area contributed by atoms with Crippen molar-refractivity contribution in [3.05, 3.63) is 59.9 Å². The first-order valence-corrected chi connectivity index (χ1v) is 8.77. The number of amides is 2. The quantitative estimate of drug-likeness (QED) is 0.752. The van der Waals surface area contributed by atoms with E-state index < -0.39 is 28.4 Å². The van der Waals surface area contributed by atoms with Crippen LogP contribution in [0.1, 0.15) is 15.9 Å². The lowest BCUT2D eigenvalue weighted by Crippen LogP contribution is -2.46. The van der Waals surface area contributed by atoms with Crippen molar-refractivity contribution in [2.45, 2.75) is 11.8 Å². The Kier molecular flexibility index (Phi) is 5.84. The van der Waals surface area contributed by atoms with Crippen molar-refractivity contribution in [2.75, 3.05) is 13.6 Å². The molecule has 25 heavy (non-hydrogen) atoms. The number of carbonyl (C=O) groups excluding carboxylic acids is 2. The number of carbonyl (C=O) groups is 2. The molecule has 1 aromatic heterocycles. The number of hydrogen-bond acceptors (Lipinski definition) is 5. The Morgan fingerprint density at radius 1 is 1.12 bits per heavy atom. The van der Waals surface area contributed by atoms with Gasteiger partial charge in [0.2, 0.25) is 10.0 Å². The highest BCUT2D eigenvalue weighted by Gasteiger charge is 2.23. The van der Waals surface area contributed by atoms with Crippen LogP contribution in [0.25, 0.3) is 0 Å². The number of sulfonamides is 1. The van der Waals surface area contributed by atoms with Gasteiger partial charge in [0.1, 0.15) is 0 Å². The largest absolute Gasteiger partial charge is 0.272 e. The Balaban J connectivity index is 1.93. The second-order valence-electron chi connectivity index (χ2n) is 5.32. The van der Waals surface area contributed by atoms with Gasteiger partial charge in [0, 0.05) is 19.4 Å². The van der Waals surface area contributed by atoms with Gasteiger partial charge in [0.25, 0.3) is 11.8 Å². The van der Waals surface area contributed by atoms with E-state index >= 15 is 0 Å². The van der Waals surface area contributed by atoms with Gasteiger partial charge in [0.15, 0.2) is 0 Å². The highest BCUT2D eigenvalue weighted by molar-refractivity contribution is 7.89. The number of hydrazine groups is 1. The van der Waals surface area contributed by atoms with Gasteiger partial charge in [0.05, 0.1) is 17.0 Å². The summed E-state index contributed by atoms with van der Waals surface area (Å²) in [7, 11) is -2.50. The Hall–Kier alpha value is -2.78. The monoisotopic (exact) mass is 362 g/mol. The van der Waals surface area contributed by atoms with E-state index in [1.807, 2.05) is 6.92 Å². The number of benzene rings is 1. The van der Waals surface area contributed by atoms with Gasteiger partial charge in [-0.15, -0.1) is 0 Å². The number of likely N-dealkylation sites (N-methyl/N-ethyl adjacent to an activating group) is 1. The first-order chi connectivity index (χ1) is 11.8. The molecule has 0 aliphatic heterocycles. The zero-order valence-corrected chi connectivity index (χ0v) is 14.6. The van der Waals surface area contributed by atoms with E-state index in [-0.39, 0.29) is 10.5 Å². The maximum Gasteiger partial charge on any atom is 0.271 e. The third-order valence-electron chi connectivity index (χ3n) is 3.33. The van der Waals surface area contributed by atoms with Crippen LogP contribution in [0.3, 0.4) is 0 Å². The van der Waals surface area contributed by atoms with Crippen LogP contribution in [0.2, 0.25) is 0 Å². The molecule has 0 atom stereocenters. The standard InChI is InChI=1S/C16H18N4O4S/c1-12-5-7-14(8-6-12)25(23,24)20(2)11-15(21)18-19-16(22)13-4-3-9-17-10-13/h3-10H,11H2,1-2H3,(H,18,21)(H,19,22). The predicted octanol–water partition coefficient (Wildman–Crippen LogP) is 0.472. The highest BCUT2D eigenvalue weighted by Crippen LogP contribution is 2.14. The molecule has 1 aromatic carbocycles. The van der Waals surface area contributed by atoms with Gasteiger partial charge >= 0.3 is 0 Å². The van der Waals surface area contributed by atoms with Gasteiger partial charge in [-0.2, -0.15) is 4.31 Å². The highest BCUT2D eigenvalue weighted by atomic mass is 32.2. The summed E-state index contributed by atoms with van der Waals surface area (Å²) in [6, 6.07) is 9.41. The lowest BCUT2D eigenvalue weighted by molar-refractivity contribution is -0.121. The van der Waals surface area contributed by atoms with Gasteiger partial charge in [-0.3, -0.25) is 25.4 Å². The molecule has 2 N–H and O–H groups in total. The van der Waals surface area contributed by atoms with Crippen LogP contribution in [0.4, 0.5) is 0 Å². The molecule has 0 fully saturated rings. The van der Waals surface area contributed by atoms with Crippen LogP contribution in [0, 0.1) is 6.92 Å². The molecule has 132 valence electrons. The zero-order valence-electron chi connectivity index (χ0n) is 13.8. The maximum absolute atomic E-state index is 12.4. The van der Waals surface area contributed by atoms with Crippen molar-refractivity contribution >= 4 is 21.8 Å². The van der Waals surface area contributed by atoms with Gasteiger partial charge in [-0.25, -0.2) is 8.42 Å². The summed E-state index contributed by atoms with van der Waals surface area (Å²) in [4.78, 5) is 27.5. The Bertz CT molecular complexity index is 851. The van der Waals surface area contributed by atoms with Gasteiger partial charge in [-0.1, -0.05) is 17.7 Å². The first-order valence-electron chi connectivity index (χ1n) is 7.33. The Morgan fingerprint density at radius 3 is 2.40 bits per heavy atom. The number of aryl methyl sites for hydroxylation is 1. The molecule has 8 nitrogen and oxygen atoms in total. The van der Waals surface area contributed by atoms with Crippen molar-refractivity contribution in [2.24, 2.45) is 0 Å². The van der Waals surface area contributed by atoms with Gasteiger partial charge in [-0.05, 0) is 31.2 Å². The summed E-state index contributed by atoms with van der Waals surface area (Å²) in [5.74, 6) is -1.22. The molecule has 0 radical (unpaired) electrons. The van der Waals surface area contributed by atoms with Crippen LogP contribution in [0.15, 0.2) is 53.7 Å². The van der Waals surface area contributed by atoms with Crippen molar-refractivity contribution in [3.8, 4) is 0 Å². The molecule has 0 spiro atoms. The Labute approximate surface area is 145 Å². The molecular formula is C16H18N4O4S. The van der Waals surface area contributed by atoms with Crippen LogP contribution in [0.5, 0.6) is 0 Å². The number of nitrogens with one attached hydrogen (secondary N) is 2. The SMILES string of the molecule is Cc1ccc(S(=O)(=O)N(C)CC(=O)NNC(=O)c2cccnc2)cc1. The third kappa shape index (κ3) is 4.85. The molecule has 1 heterocycles. The average Bonchev–Trinajstić information content (AvgIpc) is 2.60. The summed E-state index contributed by atoms with van der Waals surface area (Å²) in [5, 5.41) is 0. The topological polar surface area (TPSA) is 108 Å². The number of rotatable bonds is 5. The smallest absolute Gasteiger partial charge is 0.271 e. The molecule has 0 unspecified atom stereocenters. The molecule has 0 saturated heterocycles. The second kappa shape index (κ2) is 7.86. The third-order valence-corrected chi connectivity index (χ3v) is 5.15. The fourth-order valence-corrected chi connectivity index (χ4v) is 3.04. The molecule has 2 amide bonds. The Morgan fingerprint density at radius 2 is 1.80 bits per heavy atom. The molecule has 0 bridgehead atoms. The maximum atomic E-state index is 12.4. The minimum absolute atomic E-state index is 0.0906. The number of aromatic nitrogens is 1. The summed E-state index contributed by atoms with van der Waals surface area (Å²) < 4.78 is 25.7. The van der Waals surface area contributed by atoms with Crippen LogP contribution in [-0.2, 0) is 14.8 Å². The number of hydrogen-bond donors (Lipinski definition) is 2. The van der Waals surface area contributed by atoms with Crippen molar-refractivity contribution in [1.29, 1.82) is 0 Å². The molecule has 9 heteroatoms. The summed E-state index contributed by atoms with van der Waals surface area (Å²) in [6.07, 6.45) is 2.86. The molecule has 0 aliphatic rings. The van der Waals surface area contributed by atoms with Crippen molar-refractivity contribution < 1.29 is 18.0 Å². The minimum atomic E-state index is -3.79. The van der Waals surface area contributed by atoms with E-state index in [0.29, 0.717) is 0 Å². The van der Waals surface area contributed by atoms with E-state index in [4.69, 9.17) is 0 Å². The fraction of sp³-hybridized carbons (Fsp3) is 0.188. The fourth-order valence-electron chi connectivity index (χ4n) is 1.91. The van der Waals surface area contributed by atoms with E-state index in [1.165, 1.54) is 37.6 Å². The summed E-state index contributed by atoms with van der Waals surface area (Å²) in [6.45, 7) is 1.40. The second-order valence-corrected chi connectivity index (χ2v) is 7.36. The van der Waals surface area contributed by atoms with E-state index in [0.717, 1.165) is 9.87 Å². The molecule has 0 saturated carbocycles. The lowest BCUT2D eigenvalue weighted by Gasteiger charge is -2.17. The van der Waals surface area contributed by atoms with Crippen LogP contribution in [-0.4, -0.2) is 43.1 Å². The molecular weight excluding hydrogens is 344 g/mol. The normalized spacial score (nSPS) is 11.2. The summed E-state index contributed by atoms with van der Waals surface area (Å²) in [5.41, 5.74) is 5.57. The average molecular weight is 362 g/mol. The molecule has 2 aromatic rings. The van der Waals surface area contributed by atoms with Crippen molar-refractivity contribution in [1.82, 2.24) is 20.1 Å². The number of nitrogens with zero attached hydrogens (tertiary/aromatic N) is 2. The first kappa shape index (κ1) is 18.6. The summed E-state index contributed by atoms with van der Waals surface area (Å²) >= 11 is 0. The minimum Gasteiger partial charge on any atom is -0.272 e. The number of pyridine rings is 1. The molecule has 2 rings (SSSR count). The molecule has 0 aliphatic carbocycles. The van der Waals surface area contributed by atoms with Gasteiger partial charge < -0.3 is 0 Å². The zero-order chi connectivity index (χ0) is 18.4. The van der Waals surface area contributed by atoms with E-state index in [1.54, 1.807) is 18.2 Å². The van der Waals surface area contributed by atoms with Crippen LogP contribution >= 0.6 is 0 Å². The van der Waals surface area contributed by atoms with E-state index in [9.17, 15) is 18.0 Å².